The number of rotatable bonds is 7. The van der Waals surface area contributed by atoms with Crippen LogP contribution in [0.2, 0.25) is 0 Å². The summed E-state index contributed by atoms with van der Waals surface area (Å²) >= 11 is 0. The van der Waals surface area contributed by atoms with Crippen LogP contribution in [0, 0.1) is 6.92 Å². The monoisotopic (exact) mass is 554 g/mol. The zero-order valence-corrected chi connectivity index (χ0v) is 22.9. The number of hydrogen-bond acceptors (Lipinski definition) is 8. The molecule has 2 saturated carbocycles. The molecule has 6 rings (SSSR count). The Balaban J connectivity index is 1.15. The van der Waals surface area contributed by atoms with Crippen molar-refractivity contribution in [1.82, 2.24) is 19.9 Å². The van der Waals surface area contributed by atoms with Crippen LogP contribution in [-0.4, -0.2) is 61.1 Å². The van der Waals surface area contributed by atoms with Crippen LogP contribution in [0.15, 0.2) is 41.4 Å². The number of aryl methyl sites for hydroxylation is 1. The van der Waals surface area contributed by atoms with Crippen LogP contribution in [0.25, 0.3) is 0 Å². The van der Waals surface area contributed by atoms with E-state index < -0.39 is 32.7 Å². The van der Waals surface area contributed by atoms with Crippen LogP contribution < -0.4 is 19.5 Å². The van der Waals surface area contributed by atoms with E-state index in [1.165, 1.54) is 37.5 Å². The predicted molar refractivity (Wildman–Crippen MR) is 142 cm³/mol. The van der Waals surface area contributed by atoms with Gasteiger partial charge in [0.25, 0.3) is 15.9 Å². The Morgan fingerprint density at radius 1 is 1.08 bits per heavy atom. The van der Waals surface area contributed by atoms with E-state index in [0.717, 1.165) is 30.4 Å². The van der Waals surface area contributed by atoms with Crippen molar-refractivity contribution in [3.05, 3.63) is 47.5 Å². The fraction of sp³-hybridized carbons (Fsp3) is 0.536. The molecule has 11 heteroatoms. The molecule has 2 saturated heterocycles. The summed E-state index contributed by atoms with van der Waals surface area (Å²) in [7, 11) is -4.33. The maximum atomic E-state index is 13.3. The Morgan fingerprint density at radius 3 is 2.49 bits per heavy atom. The van der Waals surface area contributed by atoms with Crippen LogP contribution in [0.5, 0.6) is 11.6 Å². The van der Waals surface area contributed by atoms with Gasteiger partial charge in [-0.05, 0) is 55.4 Å². The highest BCUT2D eigenvalue weighted by molar-refractivity contribution is 7.90. The van der Waals surface area contributed by atoms with Crippen molar-refractivity contribution in [1.29, 1.82) is 0 Å². The number of carbonyl (C=O) groups is 2. The molecule has 0 atom stereocenters. The summed E-state index contributed by atoms with van der Waals surface area (Å²) in [5, 5.41) is 2.76. The van der Waals surface area contributed by atoms with Crippen LogP contribution in [0.3, 0.4) is 0 Å². The lowest BCUT2D eigenvalue weighted by atomic mass is 9.80. The van der Waals surface area contributed by atoms with E-state index in [1.54, 1.807) is 4.90 Å². The molecule has 2 amide bonds. The average Bonchev–Trinajstić information content (AvgIpc) is 3.64. The minimum Gasteiger partial charge on any atom is -0.477 e. The van der Waals surface area contributed by atoms with Gasteiger partial charge in [-0.15, -0.1) is 0 Å². The Hall–Kier alpha value is -3.18. The lowest BCUT2D eigenvalue weighted by molar-refractivity contribution is -0.128. The predicted octanol–water partition coefficient (Wildman–Crippen LogP) is 3.40. The van der Waals surface area contributed by atoms with Crippen LogP contribution in [0.4, 0.5) is 4.79 Å². The SMILES string of the molecule is Cc1ccc(C2CCCCC2)c(OC2(C(=O)NS(=O)(=O)c3cccc(OC(=O)N4CCC45CNC5)n3)CC2)c1. The van der Waals surface area contributed by atoms with Gasteiger partial charge in [-0.2, -0.15) is 13.4 Å². The third-order valence-electron chi connectivity index (χ3n) is 8.53. The molecule has 2 aliphatic carbocycles. The van der Waals surface area contributed by atoms with Crippen molar-refractivity contribution in [2.45, 2.75) is 80.4 Å². The molecule has 2 N–H and O–H groups in total. The molecule has 3 heterocycles. The van der Waals surface area contributed by atoms with Gasteiger partial charge in [-0.3, -0.25) is 9.69 Å². The molecule has 0 unspecified atom stereocenters. The summed E-state index contributed by atoms with van der Waals surface area (Å²) < 4.78 is 40.1. The van der Waals surface area contributed by atoms with Gasteiger partial charge >= 0.3 is 6.09 Å². The molecule has 39 heavy (non-hydrogen) atoms. The second-order valence-electron chi connectivity index (χ2n) is 11.3. The van der Waals surface area contributed by atoms with Crippen LogP contribution in [-0.2, 0) is 14.8 Å². The molecule has 1 spiro atoms. The van der Waals surface area contributed by atoms with E-state index in [0.29, 0.717) is 44.1 Å². The first-order valence-corrected chi connectivity index (χ1v) is 15.2. The summed E-state index contributed by atoms with van der Waals surface area (Å²) in [6.07, 6.45) is 6.90. The number of sulfonamides is 1. The molecule has 2 aliphatic heterocycles. The highest BCUT2D eigenvalue weighted by atomic mass is 32.2. The van der Waals surface area contributed by atoms with E-state index >= 15 is 0 Å². The van der Waals surface area contributed by atoms with Gasteiger partial charge in [0.2, 0.25) is 5.88 Å². The molecule has 1 aromatic heterocycles. The van der Waals surface area contributed by atoms with Crippen LogP contribution >= 0.6 is 0 Å². The van der Waals surface area contributed by atoms with Crippen molar-refractivity contribution in [2.75, 3.05) is 19.6 Å². The zero-order chi connectivity index (χ0) is 27.3. The molecule has 2 aromatic rings. The second-order valence-corrected chi connectivity index (χ2v) is 12.9. The van der Waals surface area contributed by atoms with E-state index in [1.807, 2.05) is 13.0 Å². The van der Waals surface area contributed by atoms with E-state index in [9.17, 15) is 18.0 Å². The quantitative estimate of drug-likeness (QED) is 0.533. The first kappa shape index (κ1) is 26.1. The Kier molecular flexibility index (Phi) is 6.53. The smallest absolute Gasteiger partial charge is 0.417 e. The molecule has 4 aliphatic rings. The highest BCUT2D eigenvalue weighted by Crippen LogP contribution is 2.45. The largest absolute Gasteiger partial charge is 0.477 e. The standard InChI is InChI=1S/C28H34N4O6S/c1-19-10-11-21(20-6-3-2-4-7-20)22(16-19)38-28(12-13-28)25(33)31-39(35,36)24-9-5-8-23(30-24)37-26(34)32-15-14-27(32)17-29-18-27/h5,8-11,16,20,29H,2-4,6-7,12-15,17-18H2,1H3,(H,31,33). The number of benzene rings is 1. The number of likely N-dealkylation sites (tertiary alicyclic amines) is 1. The lowest BCUT2D eigenvalue weighted by Crippen LogP contribution is -2.77. The van der Waals surface area contributed by atoms with E-state index in [4.69, 9.17) is 9.47 Å². The van der Waals surface area contributed by atoms with E-state index in [-0.39, 0.29) is 11.4 Å². The maximum Gasteiger partial charge on any atom is 0.417 e. The Bertz CT molecular complexity index is 1390. The fourth-order valence-corrected chi connectivity index (χ4v) is 6.80. The molecule has 0 bridgehead atoms. The maximum absolute atomic E-state index is 13.3. The highest BCUT2D eigenvalue weighted by Gasteiger charge is 2.55. The van der Waals surface area contributed by atoms with Crippen molar-refractivity contribution in [2.24, 2.45) is 0 Å². The molecule has 4 fully saturated rings. The fourth-order valence-electron chi connectivity index (χ4n) is 5.80. The molecule has 208 valence electrons. The van der Waals surface area contributed by atoms with Crippen molar-refractivity contribution >= 4 is 22.0 Å². The van der Waals surface area contributed by atoms with Crippen molar-refractivity contribution in [3.8, 4) is 11.6 Å². The number of nitrogens with zero attached hydrogens (tertiary/aromatic N) is 2. The van der Waals surface area contributed by atoms with Gasteiger partial charge in [-0.25, -0.2) is 9.52 Å². The van der Waals surface area contributed by atoms with E-state index in [2.05, 4.69) is 27.2 Å². The number of aromatic nitrogens is 1. The number of amides is 2. The normalized spacial score (nSPS) is 21.4. The van der Waals surface area contributed by atoms with Gasteiger partial charge in [0.05, 0.1) is 5.54 Å². The molecular weight excluding hydrogens is 520 g/mol. The Labute approximate surface area is 228 Å². The first-order valence-electron chi connectivity index (χ1n) is 13.7. The summed E-state index contributed by atoms with van der Waals surface area (Å²) in [4.78, 5) is 31.5. The minimum absolute atomic E-state index is 0.140. The first-order chi connectivity index (χ1) is 18.7. The molecule has 1 aromatic carbocycles. The lowest BCUT2D eigenvalue weighted by Gasteiger charge is -2.57. The summed E-state index contributed by atoms with van der Waals surface area (Å²) in [6.45, 7) is 3.98. The summed E-state index contributed by atoms with van der Waals surface area (Å²) in [5.41, 5.74) is 0.653. The van der Waals surface area contributed by atoms with Crippen molar-refractivity contribution < 1.29 is 27.5 Å². The van der Waals surface area contributed by atoms with Gasteiger partial charge in [0.1, 0.15) is 5.75 Å². The number of nitrogens with one attached hydrogen (secondary N) is 2. The third-order valence-corrected chi connectivity index (χ3v) is 9.76. The van der Waals surface area contributed by atoms with Gasteiger partial charge in [-0.1, -0.05) is 37.5 Å². The number of carbonyl (C=O) groups excluding carboxylic acids is 2. The number of hydrogen-bond donors (Lipinski definition) is 2. The minimum atomic E-state index is -4.33. The topological polar surface area (TPSA) is 127 Å². The Morgan fingerprint density at radius 2 is 1.85 bits per heavy atom. The van der Waals surface area contributed by atoms with Crippen molar-refractivity contribution in [3.63, 3.8) is 0 Å². The average molecular weight is 555 g/mol. The van der Waals surface area contributed by atoms with Gasteiger partial charge in [0, 0.05) is 38.5 Å². The summed E-state index contributed by atoms with van der Waals surface area (Å²) in [5.74, 6) is 0.171. The molecular formula is C28H34N4O6S. The number of pyridine rings is 1. The zero-order valence-electron chi connectivity index (χ0n) is 22.1. The third kappa shape index (κ3) is 4.98. The van der Waals surface area contributed by atoms with Crippen LogP contribution in [0.1, 0.15) is 68.4 Å². The molecule has 0 radical (unpaired) electrons. The molecule has 10 nitrogen and oxygen atoms in total. The van der Waals surface area contributed by atoms with Gasteiger partial charge < -0.3 is 14.8 Å². The number of ether oxygens (including phenoxy) is 2. The van der Waals surface area contributed by atoms with Gasteiger partial charge in [0.15, 0.2) is 10.6 Å². The second kappa shape index (κ2) is 9.78. The summed E-state index contributed by atoms with van der Waals surface area (Å²) in [6, 6.07) is 10.2.